The lowest BCUT2D eigenvalue weighted by Crippen LogP contribution is -2.09. The van der Waals surface area contributed by atoms with Gasteiger partial charge in [-0.05, 0) is 26.0 Å². The fourth-order valence-electron chi connectivity index (χ4n) is 1.13. The predicted molar refractivity (Wildman–Crippen MR) is 67.6 cm³/mol. The van der Waals surface area contributed by atoms with Crippen molar-refractivity contribution < 1.29 is 14.3 Å². The van der Waals surface area contributed by atoms with E-state index in [9.17, 15) is 0 Å². The minimum Gasteiger partial charge on any atom is -0.488 e. The Labute approximate surface area is 102 Å². The van der Waals surface area contributed by atoms with Crippen LogP contribution in [0.5, 0.6) is 5.75 Å². The highest BCUT2D eigenvalue weighted by atomic mass is 16.6. The van der Waals surface area contributed by atoms with Crippen molar-refractivity contribution in [1.82, 2.24) is 0 Å². The van der Waals surface area contributed by atoms with E-state index in [-0.39, 0.29) is 0 Å². The normalized spacial score (nSPS) is 11.4. The van der Waals surface area contributed by atoms with Gasteiger partial charge in [0.15, 0.2) is 0 Å². The van der Waals surface area contributed by atoms with Crippen LogP contribution in [0.15, 0.2) is 29.4 Å². The largest absolute Gasteiger partial charge is 0.488 e. The van der Waals surface area contributed by atoms with E-state index < -0.39 is 0 Å². The summed E-state index contributed by atoms with van der Waals surface area (Å²) in [5.74, 6) is 0.835. The molecule has 0 atom stereocenters. The fourth-order valence-corrected chi connectivity index (χ4v) is 1.13. The lowest BCUT2D eigenvalue weighted by molar-refractivity contribution is 0.0742. The molecule has 94 valence electrons. The summed E-state index contributed by atoms with van der Waals surface area (Å²) in [6.45, 7) is 5.32. The quantitative estimate of drug-likeness (QED) is 0.415. The maximum atomic E-state index is 5.54. The van der Waals surface area contributed by atoms with Crippen molar-refractivity contribution in [3.05, 3.63) is 29.8 Å². The average molecular weight is 237 g/mol. The van der Waals surface area contributed by atoms with Gasteiger partial charge in [0.2, 0.25) is 0 Å². The molecule has 1 rings (SSSR count). The predicted octanol–water partition coefficient (Wildman–Crippen LogP) is 2.41. The highest BCUT2D eigenvalue weighted by Gasteiger charge is 1.96. The Morgan fingerprint density at radius 1 is 1.18 bits per heavy atom. The number of nitrogens with zero attached hydrogens (tertiary/aromatic N) is 1. The molecule has 0 aliphatic heterocycles. The molecule has 0 aliphatic carbocycles. The van der Waals surface area contributed by atoms with Gasteiger partial charge < -0.3 is 14.3 Å². The molecule has 0 spiro atoms. The average Bonchev–Trinajstić information content (AvgIpc) is 2.34. The zero-order chi connectivity index (χ0) is 12.5. The van der Waals surface area contributed by atoms with Gasteiger partial charge in [-0.2, -0.15) is 0 Å². The van der Waals surface area contributed by atoms with E-state index in [1.165, 1.54) is 5.56 Å². The first-order valence-corrected chi connectivity index (χ1v) is 5.56. The second-order valence-corrected chi connectivity index (χ2v) is 3.75. The molecule has 0 saturated heterocycles. The van der Waals surface area contributed by atoms with Crippen molar-refractivity contribution in [1.29, 1.82) is 0 Å². The van der Waals surface area contributed by atoms with Crippen molar-refractivity contribution in [3.8, 4) is 5.75 Å². The molecule has 0 aromatic heterocycles. The summed E-state index contributed by atoms with van der Waals surface area (Å²) in [6, 6.07) is 7.90. The van der Waals surface area contributed by atoms with Crippen LogP contribution in [0.3, 0.4) is 0 Å². The van der Waals surface area contributed by atoms with E-state index >= 15 is 0 Å². The SMILES string of the molecule is COCCO/N=C(\C)COc1ccc(C)cc1. The first-order chi connectivity index (χ1) is 8.22. The Bertz CT molecular complexity index is 346. The van der Waals surface area contributed by atoms with Gasteiger partial charge in [0.25, 0.3) is 0 Å². The Morgan fingerprint density at radius 3 is 2.53 bits per heavy atom. The van der Waals surface area contributed by atoms with Crippen LogP contribution in [-0.2, 0) is 9.57 Å². The van der Waals surface area contributed by atoms with Crippen molar-refractivity contribution in [2.45, 2.75) is 13.8 Å². The second-order valence-electron chi connectivity index (χ2n) is 3.75. The molecule has 0 bridgehead atoms. The second kappa shape index (κ2) is 7.68. The van der Waals surface area contributed by atoms with Gasteiger partial charge in [0.05, 0.1) is 12.3 Å². The van der Waals surface area contributed by atoms with Crippen LogP contribution in [-0.4, -0.2) is 32.6 Å². The van der Waals surface area contributed by atoms with Gasteiger partial charge >= 0.3 is 0 Å². The maximum Gasteiger partial charge on any atom is 0.140 e. The maximum absolute atomic E-state index is 5.54. The first-order valence-electron chi connectivity index (χ1n) is 5.56. The molecule has 1 aromatic carbocycles. The van der Waals surface area contributed by atoms with Gasteiger partial charge in [-0.3, -0.25) is 0 Å². The number of methoxy groups -OCH3 is 1. The molecule has 0 aliphatic rings. The summed E-state index contributed by atoms with van der Waals surface area (Å²) in [6.07, 6.45) is 0. The number of aryl methyl sites for hydroxylation is 1. The molecule has 17 heavy (non-hydrogen) atoms. The van der Waals surface area contributed by atoms with Crippen LogP contribution in [0, 0.1) is 6.92 Å². The zero-order valence-corrected chi connectivity index (χ0v) is 10.6. The number of oxime groups is 1. The number of hydrogen-bond donors (Lipinski definition) is 0. The molecule has 0 radical (unpaired) electrons. The number of ether oxygens (including phenoxy) is 2. The van der Waals surface area contributed by atoms with Gasteiger partial charge in [0, 0.05) is 7.11 Å². The molecule has 0 fully saturated rings. The number of benzene rings is 1. The molecule has 0 amide bonds. The van der Waals surface area contributed by atoms with Crippen molar-refractivity contribution in [2.75, 3.05) is 26.9 Å². The van der Waals surface area contributed by atoms with Crippen LogP contribution >= 0.6 is 0 Å². The van der Waals surface area contributed by atoms with E-state index in [2.05, 4.69) is 5.16 Å². The zero-order valence-electron chi connectivity index (χ0n) is 10.6. The summed E-state index contributed by atoms with van der Waals surface area (Å²) >= 11 is 0. The highest BCUT2D eigenvalue weighted by Crippen LogP contribution is 2.11. The van der Waals surface area contributed by atoms with Crippen LogP contribution < -0.4 is 4.74 Å². The van der Waals surface area contributed by atoms with E-state index in [1.54, 1.807) is 7.11 Å². The third kappa shape index (κ3) is 5.92. The van der Waals surface area contributed by atoms with Crippen LogP contribution in [0.1, 0.15) is 12.5 Å². The van der Waals surface area contributed by atoms with Crippen molar-refractivity contribution >= 4 is 5.71 Å². The van der Waals surface area contributed by atoms with Gasteiger partial charge in [-0.15, -0.1) is 0 Å². The Hall–Kier alpha value is -1.55. The van der Waals surface area contributed by atoms with E-state index in [1.807, 2.05) is 38.1 Å². The Morgan fingerprint density at radius 2 is 1.88 bits per heavy atom. The molecule has 0 unspecified atom stereocenters. The fraction of sp³-hybridized carbons (Fsp3) is 0.462. The van der Waals surface area contributed by atoms with Gasteiger partial charge in [-0.25, -0.2) is 0 Å². The lowest BCUT2D eigenvalue weighted by Gasteiger charge is -2.06. The van der Waals surface area contributed by atoms with Gasteiger partial charge in [0.1, 0.15) is 19.0 Å². The number of rotatable bonds is 7. The minimum absolute atomic E-state index is 0.427. The van der Waals surface area contributed by atoms with Crippen LogP contribution in [0.2, 0.25) is 0 Å². The summed E-state index contributed by atoms with van der Waals surface area (Å²) in [4.78, 5) is 5.03. The Kier molecular flexibility index (Phi) is 6.10. The molecular weight excluding hydrogens is 218 g/mol. The third-order valence-electron chi connectivity index (χ3n) is 2.07. The van der Waals surface area contributed by atoms with Crippen LogP contribution in [0.4, 0.5) is 0 Å². The monoisotopic (exact) mass is 237 g/mol. The lowest BCUT2D eigenvalue weighted by atomic mass is 10.2. The standard InChI is InChI=1S/C13H19NO3/c1-11-4-6-13(7-5-11)16-10-12(2)14-17-9-8-15-3/h4-7H,8-10H2,1-3H3/b14-12+. The van der Waals surface area contributed by atoms with E-state index in [0.717, 1.165) is 11.5 Å². The molecule has 4 heteroatoms. The van der Waals surface area contributed by atoms with E-state index in [0.29, 0.717) is 19.8 Å². The molecule has 4 nitrogen and oxygen atoms in total. The van der Waals surface area contributed by atoms with Gasteiger partial charge in [-0.1, -0.05) is 22.9 Å². The molecule has 0 N–H and O–H groups in total. The topological polar surface area (TPSA) is 40.0 Å². The molecule has 0 heterocycles. The summed E-state index contributed by atoms with van der Waals surface area (Å²) in [5.41, 5.74) is 2.01. The van der Waals surface area contributed by atoms with Crippen LogP contribution in [0.25, 0.3) is 0 Å². The van der Waals surface area contributed by atoms with Crippen molar-refractivity contribution in [2.24, 2.45) is 5.16 Å². The molecular formula is C13H19NO3. The number of hydrogen-bond acceptors (Lipinski definition) is 4. The van der Waals surface area contributed by atoms with E-state index in [4.69, 9.17) is 14.3 Å². The highest BCUT2D eigenvalue weighted by molar-refractivity contribution is 5.82. The van der Waals surface area contributed by atoms with Crippen molar-refractivity contribution in [3.63, 3.8) is 0 Å². The smallest absolute Gasteiger partial charge is 0.140 e. The molecule has 0 saturated carbocycles. The summed E-state index contributed by atoms with van der Waals surface area (Å²) in [5, 5.41) is 3.91. The molecule has 1 aromatic rings. The third-order valence-corrected chi connectivity index (χ3v) is 2.07. The summed E-state index contributed by atoms with van der Waals surface area (Å²) in [7, 11) is 1.63. The minimum atomic E-state index is 0.427. The Balaban J connectivity index is 2.27. The first kappa shape index (κ1) is 13.5. The summed E-state index contributed by atoms with van der Waals surface area (Å²) < 4.78 is 10.4.